The number of carbonyl (C=O) groups excluding carboxylic acids is 1. The summed E-state index contributed by atoms with van der Waals surface area (Å²) in [7, 11) is 0. The number of esters is 1. The molecule has 3 saturated heterocycles. The number of nitrogens with zero attached hydrogens (tertiary/aromatic N) is 3. The van der Waals surface area contributed by atoms with Gasteiger partial charge in [-0.05, 0) is 30.5 Å². The first-order valence-electron chi connectivity index (χ1n) is 13.0. The predicted molar refractivity (Wildman–Crippen MR) is 136 cm³/mol. The molecule has 2 bridgehead atoms. The minimum Gasteiger partial charge on any atom is -0.455 e. The van der Waals surface area contributed by atoms with Crippen molar-refractivity contribution in [1.82, 2.24) is 9.97 Å². The summed E-state index contributed by atoms with van der Waals surface area (Å²) in [6.07, 6.45) is 10.3. The second-order valence-corrected chi connectivity index (χ2v) is 10.7. The fourth-order valence-corrected chi connectivity index (χ4v) is 6.70. The Morgan fingerprint density at radius 2 is 1.77 bits per heavy atom. The van der Waals surface area contributed by atoms with E-state index in [2.05, 4.69) is 34.2 Å². The van der Waals surface area contributed by atoms with Gasteiger partial charge in [0.05, 0.1) is 18.5 Å². The second-order valence-electron chi connectivity index (χ2n) is 10.7. The molecule has 4 fully saturated rings. The smallest absolute Gasteiger partial charge is 0.317 e. The van der Waals surface area contributed by atoms with Gasteiger partial charge in [-0.15, -0.1) is 12.4 Å². The minimum atomic E-state index is -0.499. The molecular weight excluding hydrogens is 462 g/mol. The average molecular weight is 497 g/mol. The van der Waals surface area contributed by atoms with E-state index in [-0.39, 0.29) is 24.5 Å². The molecule has 2 aromatic heterocycles. The molecule has 6 nitrogen and oxygen atoms in total. The van der Waals surface area contributed by atoms with E-state index in [9.17, 15) is 4.79 Å². The van der Waals surface area contributed by atoms with Crippen molar-refractivity contribution < 1.29 is 18.4 Å². The molecule has 5 heterocycles. The van der Waals surface area contributed by atoms with Crippen LogP contribution >= 0.6 is 12.4 Å². The van der Waals surface area contributed by atoms with E-state index in [0.29, 0.717) is 11.6 Å². The van der Waals surface area contributed by atoms with Crippen LogP contribution in [0.4, 0.5) is 0 Å². The summed E-state index contributed by atoms with van der Waals surface area (Å²) in [6.45, 7) is 3.78. The lowest BCUT2D eigenvalue weighted by atomic mass is 9.74. The Hall–Kier alpha value is -2.44. The lowest BCUT2D eigenvalue weighted by molar-refractivity contribution is -0.959. The highest BCUT2D eigenvalue weighted by Gasteiger charge is 2.50. The van der Waals surface area contributed by atoms with Gasteiger partial charge in [0, 0.05) is 25.0 Å². The van der Waals surface area contributed by atoms with Crippen molar-refractivity contribution in [3.8, 4) is 0 Å². The number of aromatic nitrogens is 2. The minimum absolute atomic E-state index is 0. The summed E-state index contributed by atoms with van der Waals surface area (Å²) in [4.78, 5) is 22.9. The number of benzene rings is 1. The molecule has 3 aliphatic heterocycles. The Labute approximate surface area is 213 Å². The molecule has 0 amide bonds. The molecule has 3 aromatic rings. The van der Waals surface area contributed by atoms with Crippen molar-refractivity contribution in [3.05, 3.63) is 60.1 Å². The maximum absolute atomic E-state index is 13.9. The Bertz CT molecular complexity index is 1120. The number of oxazole rings is 1. The number of hydrogen-bond donors (Lipinski definition) is 0. The molecule has 186 valence electrons. The normalized spacial score (nSPS) is 27.7. The van der Waals surface area contributed by atoms with Crippen molar-refractivity contribution in [2.75, 3.05) is 19.6 Å². The van der Waals surface area contributed by atoms with E-state index in [1.54, 1.807) is 6.20 Å². The standard InChI is InChI=1S/C28H34N3O3.ClH/c32-27(28(14-6-1-2-7-15-28)22-9-4-3-5-10-22)34-24-19-31(17-12-21(24)13-18-31)20-25-30-26-23(33-25)11-8-16-29-26;/h3-5,8-11,16,21,24H,1-2,6-7,12-15,17-20H2;1H/q+1;/t21?,24-,31?;/m0./s1. The predicted octanol–water partition coefficient (Wildman–Crippen LogP) is 5.59. The van der Waals surface area contributed by atoms with Gasteiger partial charge in [-0.3, -0.25) is 4.79 Å². The Morgan fingerprint density at radius 1 is 1.03 bits per heavy atom. The molecule has 1 saturated carbocycles. The van der Waals surface area contributed by atoms with Crippen molar-refractivity contribution in [3.63, 3.8) is 0 Å². The van der Waals surface area contributed by atoms with E-state index in [0.717, 1.165) is 86.2 Å². The van der Waals surface area contributed by atoms with Crippen LogP contribution in [0, 0.1) is 5.92 Å². The Kier molecular flexibility index (Phi) is 6.86. The fraction of sp³-hybridized carbons (Fsp3) is 0.536. The highest BCUT2D eigenvalue weighted by atomic mass is 35.5. The molecule has 0 unspecified atom stereocenters. The third kappa shape index (κ3) is 4.58. The van der Waals surface area contributed by atoms with E-state index >= 15 is 0 Å². The molecule has 0 N–H and O–H groups in total. The van der Waals surface area contributed by atoms with Gasteiger partial charge in [-0.25, -0.2) is 4.98 Å². The number of hydrogen-bond acceptors (Lipinski definition) is 5. The Morgan fingerprint density at radius 3 is 2.49 bits per heavy atom. The Balaban J connectivity index is 0.00000253. The number of pyridine rings is 1. The zero-order valence-corrected chi connectivity index (χ0v) is 21.0. The number of quaternary nitrogens is 1. The van der Waals surface area contributed by atoms with Crippen LogP contribution in [0.1, 0.15) is 62.8 Å². The maximum atomic E-state index is 13.9. The molecule has 0 radical (unpaired) electrons. The van der Waals surface area contributed by atoms with Crippen LogP contribution in [-0.4, -0.2) is 46.2 Å². The van der Waals surface area contributed by atoms with Gasteiger partial charge < -0.3 is 13.6 Å². The van der Waals surface area contributed by atoms with Crippen molar-refractivity contribution >= 4 is 29.6 Å². The molecule has 1 aromatic carbocycles. The van der Waals surface area contributed by atoms with Crippen molar-refractivity contribution in [1.29, 1.82) is 0 Å². The molecule has 1 aliphatic carbocycles. The highest BCUT2D eigenvalue weighted by molar-refractivity contribution is 5.85. The van der Waals surface area contributed by atoms with Gasteiger partial charge in [0.2, 0.25) is 0 Å². The van der Waals surface area contributed by atoms with Crippen LogP contribution in [0.3, 0.4) is 0 Å². The molecule has 7 heteroatoms. The van der Waals surface area contributed by atoms with Crippen molar-refractivity contribution in [2.45, 2.75) is 69.4 Å². The van der Waals surface area contributed by atoms with Crippen LogP contribution in [0.5, 0.6) is 0 Å². The van der Waals surface area contributed by atoms with Crippen LogP contribution in [0.2, 0.25) is 0 Å². The summed E-state index contributed by atoms with van der Waals surface area (Å²) in [5.41, 5.74) is 2.04. The maximum Gasteiger partial charge on any atom is 0.317 e. The van der Waals surface area contributed by atoms with Crippen LogP contribution in [0.25, 0.3) is 11.2 Å². The second kappa shape index (κ2) is 9.90. The molecule has 1 atom stereocenters. The van der Waals surface area contributed by atoms with Gasteiger partial charge in [-0.2, -0.15) is 4.98 Å². The zero-order valence-electron chi connectivity index (χ0n) is 20.2. The van der Waals surface area contributed by atoms with Gasteiger partial charge in [0.1, 0.15) is 6.54 Å². The first-order chi connectivity index (χ1) is 16.7. The first-order valence-corrected chi connectivity index (χ1v) is 13.0. The van der Waals surface area contributed by atoms with Gasteiger partial charge in [0.15, 0.2) is 23.9 Å². The monoisotopic (exact) mass is 496 g/mol. The number of piperidine rings is 3. The molecule has 7 rings (SSSR count). The summed E-state index contributed by atoms with van der Waals surface area (Å²) in [5.74, 6) is 1.21. The zero-order chi connectivity index (χ0) is 23.0. The average Bonchev–Trinajstić information content (AvgIpc) is 3.10. The summed E-state index contributed by atoms with van der Waals surface area (Å²) >= 11 is 0. The number of halogens is 1. The van der Waals surface area contributed by atoms with Gasteiger partial charge in [0.25, 0.3) is 5.89 Å². The molecule has 35 heavy (non-hydrogen) atoms. The number of ether oxygens (including phenoxy) is 1. The van der Waals surface area contributed by atoms with Gasteiger partial charge >= 0.3 is 5.97 Å². The largest absolute Gasteiger partial charge is 0.455 e. The summed E-state index contributed by atoms with van der Waals surface area (Å²) in [5, 5.41) is 0. The number of rotatable bonds is 5. The lowest BCUT2D eigenvalue weighted by Crippen LogP contribution is -2.64. The van der Waals surface area contributed by atoms with E-state index in [4.69, 9.17) is 9.15 Å². The quantitative estimate of drug-likeness (QED) is 0.262. The van der Waals surface area contributed by atoms with Crippen LogP contribution < -0.4 is 0 Å². The highest BCUT2D eigenvalue weighted by Crippen LogP contribution is 2.42. The van der Waals surface area contributed by atoms with E-state index in [1.807, 2.05) is 18.2 Å². The third-order valence-electron chi connectivity index (χ3n) is 8.65. The summed E-state index contributed by atoms with van der Waals surface area (Å²) < 4.78 is 13.4. The SMILES string of the molecule is Cl.O=C(O[C@H]1C[N+]2(Cc3nc4ncccc4o3)CCC1CC2)C1(c2ccccc2)CCCCCC1. The number of fused-ring (bicyclic) bond motifs is 4. The fourth-order valence-electron chi connectivity index (χ4n) is 6.70. The molecular formula is C28H35ClN3O3+. The van der Waals surface area contributed by atoms with Crippen LogP contribution in [0.15, 0.2) is 53.1 Å². The van der Waals surface area contributed by atoms with Crippen LogP contribution in [-0.2, 0) is 21.5 Å². The van der Waals surface area contributed by atoms with E-state index in [1.165, 1.54) is 12.8 Å². The van der Waals surface area contributed by atoms with E-state index < -0.39 is 5.41 Å². The number of carbonyl (C=O) groups is 1. The van der Waals surface area contributed by atoms with Crippen molar-refractivity contribution in [2.24, 2.45) is 5.92 Å². The lowest BCUT2D eigenvalue weighted by Gasteiger charge is -2.51. The topological polar surface area (TPSA) is 65.2 Å². The van der Waals surface area contributed by atoms with Gasteiger partial charge in [-0.1, -0.05) is 56.0 Å². The summed E-state index contributed by atoms with van der Waals surface area (Å²) in [6, 6.07) is 14.2. The first kappa shape index (κ1) is 24.3. The third-order valence-corrected chi connectivity index (χ3v) is 8.65. The molecule has 0 spiro atoms. The molecule has 4 aliphatic rings.